The molecule has 0 saturated carbocycles. The average Bonchev–Trinajstić information content (AvgIpc) is 3.12. The number of hydrogen-bond donors (Lipinski definition) is 0. The highest BCUT2D eigenvalue weighted by Crippen LogP contribution is 2.26. The molecule has 0 bridgehead atoms. The van der Waals surface area contributed by atoms with E-state index in [1.165, 1.54) is 103 Å². The Kier molecular flexibility index (Phi) is 15.0. The molecule has 0 radical (unpaired) electrons. The maximum Gasteiger partial charge on any atom is 0.160 e. The fourth-order valence-corrected chi connectivity index (χ4v) is 3.79. The lowest BCUT2D eigenvalue weighted by Gasteiger charge is -2.22. The topological polar surface area (TPSA) is 18.5 Å². The summed E-state index contributed by atoms with van der Waals surface area (Å²) in [5, 5.41) is 0. The van der Waals surface area contributed by atoms with Gasteiger partial charge in [-0.15, -0.1) is 0 Å². The van der Waals surface area contributed by atoms with Crippen molar-refractivity contribution < 1.29 is 9.47 Å². The maximum absolute atomic E-state index is 5.81. The number of hydrogen-bond acceptors (Lipinski definition) is 2. The normalized spacial score (nSPS) is 16.8. The van der Waals surface area contributed by atoms with Crippen LogP contribution >= 0.6 is 0 Å². The van der Waals surface area contributed by atoms with E-state index in [9.17, 15) is 0 Å². The second-order valence-corrected chi connectivity index (χ2v) is 7.69. The van der Waals surface area contributed by atoms with Gasteiger partial charge in [-0.25, -0.2) is 0 Å². The lowest BCUT2D eigenvalue weighted by atomic mass is 9.93. The quantitative estimate of drug-likeness (QED) is 0.259. The van der Waals surface area contributed by atoms with Gasteiger partial charge in [0.2, 0.25) is 0 Å². The van der Waals surface area contributed by atoms with Crippen LogP contribution in [0.15, 0.2) is 0 Å². The van der Waals surface area contributed by atoms with Gasteiger partial charge in [0.25, 0.3) is 0 Å². The summed E-state index contributed by atoms with van der Waals surface area (Å²) in [6.45, 7) is 6.18. The Labute approximate surface area is 152 Å². The third kappa shape index (κ3) is 11.5. The monoisotopic (exact) mass is 340 g/mol. The number of ether oxygens (including phenoxy) is 2. The zero-order chi connectivity index (χ0) is 17.3. The summed E-state index contributed by atoms with van der Waals surface area (Å²) < 4.78 is 11.6. The molecule has 0 spiro atoms. The minimum absolute atomic E-state index is 0.102. The zero-order valence-corrected chi connectivity index (χ0v) is 16.7. The van der Waals surface area contributed by atoms with Gasteiger partial charge in [0, 0.05) is 5.92 Å². The van der Waals surface area contributed by atoms with Crippen molar-refractivity contribution in [2.24, 2.45) is 5.92 Å². The van der Waals surface area contributed by atoms with E-state index in [1.54, 1.807) is 0 Å². The van der Waals surface area contributed by atoms with Gasteiger partial charge >= 0.3 is 0 Å². The molecular formula is C22H44O2. The summed E-state index contributed by atoms with van der Waals surface area (Å²) in [6, 6.07) is 0. The van der Waals surface area contributed by atoms with Crippen LogP contribution in [-0.4, -0.2) is 19.5 Å². The first-order chi connectivity index (χ1) is 11.9. The molecule has 1 aliphatic rings. The summed E-state index contributed by atoms with van der Waals surface area (Å²) >= 11 is 0. The molecular weight excluding hydrogens is 296 g/mol. The molecule has 1 saturated heterocycles. The van der Waals surface area contributed by atoms with Gasteiger partial charge in [-0.1, -0.05) is 104 Å². The Morgan fingerprint density at radius 2 is 0.958 bits per heavy atom. The molecule has 1 aliphatic heterocycles. The first-order valence-corrected chi connectivity index (χ1v) is 11.1. The molecule has 1 heterocycles. The predicted octanol–water partition coefficient (Wildman–Crippen LogP) is 7.26. The lowest BCUT2D eigenvalue weighted by Crippen LogP contribution is -2.21. The molecule has 0 amide bonds. The zero-order valence-electron chi connectivity index (χ0n) is 16.7. The molecule has 0 aromatic heterocycles. The van der Waals surface area contributed by atoms with Crippen LogP contribution in [-0.2, 0) is 9.47 Å². The molecule has 0 aromatic carbocycles. The van der Waals surface area contributed by atoms with E-state index in [2.05, 4.69) is 13.8 Å². The van der Waals surface area contributed by atoms with E-state index in [4.69, 9.17) is 9.47 Å². The van der Waals surface area contributed by atoms with Crippen molar-refractivity contribution in [1.82, 2.24) is 0 Å². The van der Waals surface area contributed by atoms with E-state index in [0.717, 1.165) is 13.2 Å². The molecule has 144 valence electrons. The van der Waals surface area contributed by atoms with E-state index < -0.39 is 0 Å². The highest BCUT2D eigenvalue weighted by molar-refractivity contribution is 4.67. The Morgan fingerprint density at radius 1 is 0.583 bits per heavy atom. The maximum atomic E-state index is 5.81. The second-order valence-electron chi connectivity index (χ2n) is 7.69. The van der Waals surface area contributed by atoms with Crippen LogP contribution in [0.1, 0.15) is 117 Å². The molecule has 1 fully saturated rings. The number of unbranched alkanes of at least 4 members (excludes halogenated alkanes) is 12. The van der Waals surface area contributed by atoms with Gasteiger partial charge in [-0.3, -0.25) is 0 Å². The van der Waals surface area contributed by atoms with Gasteiger partial charge in [-0.05, 0) is 12.8 Å². The highest BCUT2D eigenvalue weighted by Gasteiger charge is 2.25. The van der Waals surface area contributed by atoms with Crippen LogP contribution in [0.5, 0.6) is 0 Å². The summed E-state index contributed by atoms with van der Waals surface area (Å²) in [5.74, 6) is 0.638. The average molecular weight is 341 g/mol. The lowest BCUT2D eigenvalue weighted by molar-refractivity contribution is -0.0885. The molecule has 1 rings (SSSR count). The Morgan fingerprint density at radius 3 is 1.38 bits per heavy atom. The molecule has 0 N–H and O–H groups in total. The number of rotatable bonds is 17. The summed E-state index contributed by atoms with van der Waals surface area (Å²) in [5.41, 5.74) is 0. The van der Waals surface area contributed by atoms with Crippen molar-refractivity contribution in [3.8, 4) is 0 Å². The van der Waals surface area contributed by atoms with Crippen molar-refractivity contribution in [3.63, 3.8) is 0 Å². The summed E-state index contributed by atoms with van der Waals surface area (Å²) in [6.07, 6.45) is 22.2. The van der Waals surface area contributed by atoms with Crippen LogP contribution in [0.4, 0.5) is 0 Å². The van der Waals surface area contributed by atoms with E-state index in [1.807, 2.05) is 0 Å². The summed E-state index contributed by atoms with van der Waals surface area (Å²) in [7, 11) is 0. The predicted molar refractivity (Wildman–Crippen MR) is 104 cm³/mol. The van der Waals surface area contributed by atoms with Crippen molar-refractivity contribution in [2.45, 2.75) is 123 Å². The molecule has 0 aliphatic carbocycles. The fourth-order valence-electron chi connectivity index (χ4n) is 3.79. The van der Waals surface area contributed by atoms with E-state index >= 15 is 0 Å². The first-order valence-electron chi connectivity index (χ1n) is 11.1. The van der Waals surface area contributed by atoms with Gasteiger partial charge in [0.1, 0.15) is 0 Å². The molecule has 0 aromatic rings. The molecule has 2 heteroatoms. The molecule has 1 atom stereocenters. The Balaban J connectivity index is 2.06. The smallest absolute Gasteiger partial charge is 0.160 e. The van der Waals surface area contributed by atoms with Crippen molar-refractivity contribution in [3.05, 3.63) is 0 Å². The third-order valence-electron chi connectivity index (χ3n) is 5.39. The highest BCUT2D eigenvalue weighted by atomic mass is 16.7. The standard InChI is InChI=1S/C22H44O2/c1-3-5-7-9-11-12-14-16-18-21(22-23-19-20-24-22)17-15-13-10-8-6-4-2/h21-22H,3-20H2,1-2H3. The second kappa shape index (κ2) is 16.4. The molecule has 24 heavy (non-hydrogen) atoms. The van der Waals surface area contributed by atoms with E-state index in [0.29, 0.717) is 5.92 Å². The van der Waals surface area contributed by atoms with Crippen molar-refractivity contribution in [1.29, 1.82) is 0 Å². The molecule has 2 nitrogen and oxygen atoms in total. The summed E-state index contributed by atoms with van der Waals surface area (Å²) in [4.78, 5) is 0. The van der Waals surface area contributed by atoms with Gasteiger partial charge in [0.15, 0.2) is 6.29 Å². The minimum atomic E-state index is 0.102. The van der Waals surface area contributed by atoms with Crippen LogP contribution in [0, 0.1) is 5.92 Å². The first kappa shape index (κ1) is 22.0. The molecule has 1 unspecified atom stereocenters. The largest absolute Gasteiger partial charge is 0.350 e. The van der Waals surface area contributed by atoms with Crippen LogP contribution in [0.2, 0.25) is 0 Å². The third-order valence-corrected chi connectivity index (χ3v) is 5.39. The van der Waals surface area contributed by atoms with Crippen LogP contribution in [0.3, 0.4) is 0 Å². The van der Waals surface area contributed by atoms with Crippen LogP contribution < -0.4 is 0 Å². The fraction of sp³-hybridized carbons (Fsp3) is 1.00. The van der Waals surface area contributed by atoms with Crippen LogP contribution in [0.25, 0.3) is 0 Å². The Hall–Kier alpha value is -0.0800. The van der Waals surface area contributed by atoms with Crippen molar-refractivity contribution in [2.75, 3.05) is 13.2 Å². The minimum Gasteiger partial charge on any atom is -0.350 e. The van der Waals surface area contributed by atoms with Gasteiger partial charge < -0.3 is 9.47 Å². The van der Waals surface area contributed by atoms with Gasteiger partial charge in [-0.2, -0.15) is 0 Å². The van der Waals surface area contributed by atoms with Crippen molar-refractivity contribution >= 4 is 0 Å². The SMILES string of the molecule is CCCCCCCCCCC(CCCCCCCC)C1OCCO1. The van der Waals surface area contributed by atoms with Gasteiger partial charge in [0.05, 0.1) is 13.2 Å². The van der Waals surface area contributed by atoms with E-state index in [-0.39, 0.29) is 6.29 Å². The Bertz CT molecular complexity index is 248.